The highest BCUT2D eigenvalue weighted by atomic mass is 79.9. The second kappa shape index (κ2) is 10.5. The summed E-state index contributed by atoms with van der Waals surface area (Å²) >= 11 is 3.39. The summed E-state index contributed by atoms with van der Waals surface area (Å²) in [5, 5.41) is 2.71. The summed E-state index contributed by atoms with van der Waals surface area (Å²) in [5.74, 6) is 1.32. The molecule has 3 N–H and O–H groups in total. The quantitative estimate of drug-likeness (QED) is 0.827. The minimum atomic E-state index is -0.168. The van der Waals surface area contributed by atoms with Gasteiger partial charge in [-0.15, -0.1) is 0 Å². The lowest BCUT2D eigenvalue weighted by Crippen LogP contribution is -2.31. The minimum absolute atomic E-state index is 0.000788. The summed E-state index contributed by atoms with van der Waals surface area (Å²) < 4.78 is 11.3. The average Bonchev–Trinajstić information content (AvgIpc) is 2.49. The molecule has 0 aromatic heterocycles. The van der Waals surface area contributed by atoms with Crippen LogP contribution in [0, 0.1) is 0 Å². The zero-order chi connectivity index (χ0) is 15.5. The van der Waals surface area contributed by atoms with E-state index in [-0.39, 0.29) is 12.5 Å². The number of carbonyl (C=O) groups is 1. The van der Waals surface area contributed by atoms with Gasteiger partial charge < -0.3 is 20.5 Å². The maximum absolute atomic E-state index is 11.0. The lowest BCUT2D eigenvalue weighted by atomic mass is 10.1. The Bertz CT molecular complexity index is 425. The number of hydrogen-bond acceptors (Lipinski definition) is 4. The lowest BCUT2D eigenvalue weighted by molar-refractivity contribution is -0.119. The Kier molecular flexibility index (Phi) is 9.84. The van der Waals surface area contributed by atoms with Gasteiger partial charge in [0.2, 0.25) is 5.91 Å². The fourth-order valence-corrected chi connectivity index (χ4v) is 2.01. The number of rotatable bonds is 6. The molecule has 0 aliphatic carbocycles. The van der Waals surface area contributed by atoms with Gasteiger partial charge in [0.15, 0.2) is 0 Å². The average molecular weight is 347 g/mol. The van der Waals surface area contributed by atoms with Gasteiger partial charge in [0.1, 0.15) is 11.5 Å². The Hall–Kier alpha value is -1.27. The third kappa shape index (κ3) is 5.79. The molecule has 0 fully saturated rings. The van der Waals surface area contributed by atoms with E-state index in [9.17, 15) is 4.79 Å². The van der Waals surface area contributed by atoms with Crippen LogP contribution in [0.3, 0.4) is 0 Å². The van der Waals surface area contributed by atoms with Crippen molar-refractivity contribution in [3.63, 3.8) is 0 Å². The molecule has 20 heavy (non-hydrogen) atoms. The van der Waals surface area contributed by atoms with E-state index in [2.05, 4.69) is 21.2 Å². The summed E-state index contributed by atoms with van der Waals surface area (Å²) in [6.07, 6.45) is 0.651. The molecular formula is C14H23BrN2O3. The topological polar surface area (TPSA) is 73.6 Å². The first-order valence-corrected chi connectivity index (χ1v) is 7.28. The Morgan fingerprint density at radius 3 is 2.35 bits per heavy atom. The number of hydrogen-bond donors (Lipinski definition) is 2. The van der Waals surface area contributed by atoms with Gasteiger partial charge in [0, 0.05) is 6.54 Å². The van der Waals surface area contributed by atoms with Crippen molar-refractivity contribution in [1.82, 2.24) is 5.32 Å². The number of benzene rings is 1. The van der Waals surface area contributed by atoms with E-state index in [0.717, 1.165) is 21.5 Å². The number of nitrogens with one attached hydrogen (secondary N) is 1. The SMILES string of the molecule is CC.COc1cc(CCNC(=O)CN)c(OC)cc1Br. The molecule has 0 unspecified atom stereocenters. The monoisotopic (exact) mass is 346 g/mol. The van der Waals surface area contributed by atoms with Crippen LogP contribution in [-0.2, 0) is 11.2 Å². The third-order valence-electron chi connectivity index (χ3n) is 2.46. The van der Waals surface area contributed by atoms with Gasteiger partial charge in [-0.25, -0.2) is 0 Å². The fourth-order valence-electron chi connectivity index (χ4n) is 1.53. The molecule has 1 amide bonds. The number of carbonyl (C=O) groups excluding carboxylic acids is 1. The Labute approximate surface area is 129 Å². The summed E-state index contributed by atoms with van der Waals surface area (Å²) in [7, 11) is 3.21. The molecule has 0 saturated carbocycles. The molecule has 1 aromatic rings. The van der Waals surface area contributed by atoms with Crippen molar-refractivity contribution in [3.05, 3.63) is 22.2 Å². The largest absolute Gasteiger partial charge is 0.496 e. The first-order chi connectivity index (χ1) is 9.62. The van der Waals surface area contributed by atoms with E-state index in [1.54, 1.807) is 14.2 Å². The molecule has 0 saturated heterocycles. The Morgan fingerprint density at radius 2 is 1.85 bits per heavy atom. The number of nitrogens with two attached hydrogens (primary N) is 1. The maximum Gasteiger partial charge on any atom is 0.233 e. The molecule has 0 bridgehead atoms. The van der Waals surface area contributed by atoms with E-state index in [4.69, 9.17) is 15.2 Å². The van der Waals surface area contributed by atoms with Crippen LogP contribution in [0.2, 0.25) is 0 Å². The zero-order valence-electron chi connectivity index (χ0n) is 12.5. The zero-order valence-corrected chi connectivity index (χ0v) is 14.0. The third-order valence-corrected chi connectivity index (χ3v) is 3.08. The Balaban J connectivity index is 0.00000172. The first-order valence-electron chi connectivity index (χ1n) is 6.49. The lowest BCUT2D eigenvalue weighted by Gasteiger charge is -2.12. The number of methoxy groups -OCH3 is 2. The summed E-state index contributed by atoms with van der Waals surface area (Å²) in [4.78, 5) is 11.0. The standard InChI is InChI=1S/C12H17BrN2O3.C2H6/c1-17-10-6-9(13)11(18-2)5-8(10)3-4-15-12(16)7-14;1-2/h5-6H,3-4,7,14H2,1-2H3,(H,15,16);1-2H3. The fraction of sp³-hybridized carbons (Fsp3) is 0.500. The van der Waals surface area contributed by atoms with Crippen molar-refractivity contribution in [3.8, 4) is 11.5 Å². The van der Waals surface area contributed by atoms with E-state index < -0.39 is 0 Å². The van der Waals surface area contributed by atoms with Crippen molar-refractivity contribution in [2.75, 3.05) is 27.3 Å². The van der Waals surface area contributed by atoms with Crippen molar-refractivity contribution in [2.24, 2.45) is 5.73 Å². The van der Waals surface area contributed by atoms with Crippen molar-refractivity contribution in [2.45, 2.75) is 20.3 Å². The molecule has 114 valence electrons. The van der Waals surface area contributed by atoms with E-state index in [1.165, 1.54) is 0 Å². The molecule has 0 atom stereocenters. The van der Waals surface area contributed by atoms with E-state index >= 15 is 0 Å². The molecular weight excluding hydrogens is 324 g/mol. The minimum Gasteiger partial charge on any atom is -0.496 e. The van der Waals surface area contributed by atoms with Gasteiger partial charge in [-0.2, -0.15) is 0 Å². The molecule has 1 aromatic carbocycles. The van der Waals surface area contributed by atoms with Gasteiger partial charge >= 0.3 is 0 Å². The normalized spacial score (nSPS) is 9.30. The smallest absolute Gasteiger partial charge is 0.233 e. The van der Waals surface area contributed by atoms with Crippen LogP contribution < -0.4 is 20.5 Å². The Morgan fingerprint density at radius 1 is 1.25 bits per heavy atom. The second-order valence-corrected chi connectivity index (χ2v) is 4.46. The number of ether oxygens (including phenoxy) is 2. The van der Waals surface area contributed by atoms with Gasteiger partial charge in [-0.3, -0.25) is 4.79 Å². The molecule has 0 radical (unpaired) electrons. The van der Waals surface area contributed by atoms with Crippen molar-refractivity contribution < 1.29 is 14.3 Å². The van der Waals surface area contributed by atoms with Crippen LogP contribution in [-0.4, -0.2) is 33.2 Å². The van der Waals surface area contributed by atoms with Crippen LogP contribution in [0.15, 0.2) is 16.6 Å². The molecule has 0 aliphatic heterocycles. The highest BCUT2D eigenvalue weighted by Gasteiger charge is 2.09. The molecule has 5 nitrogen and oxygen atoms in total. The first kappa shape index (κ1) is 18.7. The predicted octanol–water partition coefficient (Wildman–Crippen LogP) is 2.11. The van der Waals surface area contributed by atoms with Gasteiger partial charge in [-0.1, -0.05) is 13.8 Å². The molecule has 6 heteroatoms. The maximum atomic E-state index is 11.0. The second-order valence-electron chi connectivity index (χ2n) is 3.60. The van der Waals surface area contributed by atoms with E-state index in [0.29, 0.717) is 13.0 Å². The number of halogens is 1. The number of amides is 1. The molecule has 1 rings (SSSR count). The van der Waals surface area contributed by atoms with Crippen LogP contribution in [0.25, 0.3) is 0 Å². The van der Waals surface area contributed by atoms with Crippen LogP contribution in [0.5, 0.6) is 11.5 Å². The molecule has 0 aliphatic rings. The summed E-state index contributed by atoms with van der Waals surface area (Å²) in [5.41, 5.74) is 6.18. The molecule has 0 spiro atoms. The van der Waals surface area contributed by atoms with Crippen molar-refractivity contribution in [1.29, 1.82) is 0 Å². The van der Waals surface area contributed by atoms with Crippen molar-refractivity contribution >= 4 is 21.8 Å². The van der Waals surface area contributed by atoms with Crippen LogP contribution >= 0.6 is 15.9 Å². The summed E-state index contributed by atoms with van der Waals surface area (Å²) in [6, 6.07) is 3.73. The van der Waals surface area contributed by atoms with Crippen LogP contribution in [0.4, 0.5) is 0 Å². The van der Waals surface area contributed by atoms with Crippen LogP contribution in [0.1, 0.15) is 19.4 Å². The van der Waals surface area contributed by atoms with Gasteiger partial charge in [0.05, 0.1) is 25.2 Å². The molecule has 0 heterocycles. The highest BCUT2D eigenvalue weighted by Crippen LogP contribution is 2.32. The summed E-state index contributed by atoms with van der Waals surface area (Å²) in [6.45, 7) is 4.51. The van der Waals surface area contributed by atoms with Gasteiger partial charge in [-0.05, 0) is 40.0 Å². The van der Waals surface area contributed by atoms with Gasteiger partial charge in [0.25, 0.3) is 0 Å². The van der Waals surface area contributed by atoms with E-state index in [1.807, 2.05) is 26.0 Å². The predicted molar refractivity (Wildman–Crippen MR) is 84.4 cm³/mol. The highest BCUT2D eigenvalue weighted by molar-refractivity contribution is 9.10.